The van der Waals surface area contributed by atoms with Crippen molar-refractivity contribution in [2.45, 2.75) is 32.4 Å². The first-order valence-electron chi connectivity index (χ1n) is 9.07. The van der Waals surface area contributed by atoms with Gasteiger partial charge in [-0.3, -0.25) is 0 Å². The summed E-state index contributed by atoms with van der Waals surface area (Å²) in [4.78, 5) is 0. The van der Waals surface area contributed by atoms with Crippen molar-refractivity contribution in [1.82, 2.24) is 4.34 Å². The molecule has 3 heterocycles. The molecule has 4 atom stereocenters. The van der Waals surface area contributed by atoms with Crippen LogP contribution in [0.2, 0.25) is 0 Å². The average molecular weight is 349 g/mol. The molecule has 4 aliphatic rings. The SMILES string of the molecule is CPn1c2c(c3c1CC1C=C(C)C=CC1N3)NC1C=CC(C)=CC1=C2. The van der Waals surface area contributed by atoms with Crippen LogP contribution < -0.4 is 10.6 Å². The molecule has 128 valence electrons. The van der Waals surface area contributed by atoms with Crippen LogP contribution in [0.1, 0.15) is 25.2 Å². The lowest BCUT2D eigenvalue weighted by molar-refractivity contribution is 0.563. The van der Waals surface area contributed by atoms with Crippen molar-refractivity contribution >= 4 is 26.2 Å². The number of fused-ring (bicyclic) bond motifs is 5. The van der Waals surface area contributed by atoms with Gasteiger partial charge in [-0.1, -0.05) is 47.6 Å². The summed E-state index contributed by atoms with van der Waals surface area (Å²) in [6.07, 6.45) is 17.3. The van der Waals surface area contributed by atoms with E-state index in [-0.39, 0.29) is 0 Å². The smallest absolute Gasteiger partial charge is 0.0845 e. The summed E-state index contributed by atoms with van der Waals surface area (Å²) in [5.41, 5.74) is 9.48. The molecule has 0 spiro atoms. The molecule has 0 radical (unpaired) electrons. The van der Waals surface area contributed by atoms with Crippen LogP contribution in [0.3, 0.4) is 0 Å². The summed E-state index contributed by atoms with van der Waals surface area (Å²) in [7, 11) is 0.739. The molecule has 4 unspecified atom stereocenters. The largest absolute Gasteiger partial charge is 0.375 e. The summed E-state index contributed by atoms with van der Waals surface area (Å²) in [5, 5.41) is 7.62. The van der Waals surface area contributed by atoms with Crippen LogP contribution in [0, 0.1) is 5.92 Å². The van der Waals surface area contributed by atoms with Crippen molar-refractivity contribution in [3.63, 3.8) is 0 Å². The number of hydrogen-bond acceptors (Lipinski definition) is 2. The third kappa shape index (κ3) is 2.29. The fourth-order valence-corrected chi connectivity index (χ4v) is 5.38. The lowest BCUT2D eigenvalue weighted by Crippen LogP contribution is -2.34. The van der Waals surface area contributed by atoms with Gasteiger partial charge in [-0.05, 0) is 47.3 Å². The fourth-order valence-electron chi connectivity index (χ4n) is 4.49. The molecule has 3 nitrogen and oxygen atoms in total. The molecule has 25 heavy (non-hydrogen) atoms. The molecule has 0 saturated carbocycles. The van der Waals surface area contributed by atoms with Gasteiger partial charge in [-0.25, -0.2) is 0 Å². The minimum atomic E-state index is 0.292. The zero-order valence-corrected chi connectivity index (χ0v) is 15.9. The first kappa shape index (κ1) is 15.3. The van der Waals surface area contributed by atoms with Gasteiger partial charge < -0.3 is 15.0 Å². The molecule has 2 aliphatic carbocycles. The Hall–Kier alpha value is -1.99. The van der Waals surface area contributed by atoms with Crippen molar-refractivity contribution in [2.75, 3.05) is 17.3 Å². The van der Waals surface area contributed by atoms with Crippen molar-refractivity contribution < 1.29 is 0 Å². The lowest BCUT2D eigenvalue weighted by Gasteiger charge is -2.33. The van der Waals surface area contributed by atoms with Gasteiger partial charge in [0.15, 0.2) is 0 Å². The monoisotopic (exact) mass is 349 g/mol. The van der Waals surface area contributed by atoms with Gasteiger partial charge in [0.1, 0.15) is 0 Å². The van der Waals surface area contributed by atoms with Crippen molar-refractivity contribution in [2.24, 2.45) is 5.92 Å². The van der Waals surface area contributed by atoms with Gasteiger partial charge in [0, 0.05) is 11.6 Å². The van der Waals surface area contributed by atoms with Crippen LogP contribution in [0.15, 0.2) is 53.2 Å². The molecule has 1 aromatic heterocycles. The van der Waals surface area contributed by atoms with E-state index in [2.05, 4.69) is 78.0 Å². The highest BCUT2D eigenvalue weighted by Crippen LogP contribution is 2.47. The van der Waals surface area contributed by atoms with E-state index in [0.29, 0.717) is 18.0 Å². The van der Waals surface area contributed by atoms with Crippen molar-refractivity contribution in [3.05, 3.63) is 64.6 Å². The number of anilines is 2. The predicted molar refractivity (Wildman–Crippen MR) is 110 cm³/mol. The molecule has 4 heteroatoms. The van der Waals surface area contributed by atoms with E-state index in [4.69, 9.17) is 0 Å². The maximum atomic E-state index is 3.83. The van der Waals surface area contributed by atoms with Gasteiger partial charge >= 0.3 is 0 Å². The Morgan fingerprint density at radius 1 is 1.04 bits per heavy atom. The molecule has 0 amide bonds. The van der Waals surface area contributed by atoms with E-state index in [0.717, 1.165) is 15.2 Å². The summed E-state index contributed by atoms with van der Waals surface area (Å²) in [6.45, 7) is 6.65. The minimum absolute atomic E-state index is 0.292. The number of nitrogens with zero attached hydrogens (tertiary/aromatic N) is 1. The minimum Gasteiger partial charge on any atom is -0.375 e. The Labute approximate surface area is 151 Å². The third-order valence-corrected chi connectivity index (χ3v) is 6.64. The van der Waals surface area contributed by atoms with Crippen LogP contribution in [0.5, 0.6) is 0 Å². The van der Waals surface area contributed by atoms with E-state index in [9.17, 15) is 0 Å². The molecule has 0 saturated heterocycles. The van der Waals surface area contributed by atoms with Gasteiger partial charge in [0.2, 0.25) is 0 Å². The standard InChI is InChI=1S/C21H24N3P/c1-12-4-6-16-14(8-12)10-18-20(22-16)21-19(24(18)25-3)11-15-9-13(2)5-7-17(15)23-21/h4-10,15-17,22-23,25H,11H2,1-3H3. The highest BCUT2D eigenvalue weighted by molar-refractivity contribution is 7.35. The highest BCUT2D eigenvalue weighted by atomic mass is 31.1. The number of rotatable bonds is 1. The van der Waals surface area contributed by atoms with E-state index < -0.39 is 0 Å². The molecule has 0 fully saturated rings. The molecular formula is C21H24N3P. The lowest BCUT2D eigenvalue weighted by atomic mass is 9.85. The topological polar surface area (TPSA) is 29.0 Å². The first-order chi connectivity index (χ1) is 12.1. The molecule has 0 aromatic carbocycles. The van der Waals surface area contributed by atoms with E-state index >= 15 is 0 Å². The molecular weight excluding hydrogens is 325 g/mol. The summed E-state index contributed by atoms with van der Waals surface area (Å²) in [5.74, 6) is 0.556. The first-order valence-corrected chi connectivity index (χ1v) is 10.5. The summed E-state index contributed by atoms with van der Waals surface area (Å²) >= 11 is 0. The highest BCUT2D eigenvalue weighted by Gasteiger charge is 2.35. The maximum absolute atomic E-state index is 3.83. The third-order valence-electron chi connectivity index (χ3n) is 5.68. The van der Waals surface area contributed by atoms with Crippen LogP contribution in [0.4, 0.5) is 11.4 Å². The Balaban J connectivity index is 1.64. The molecule has 5 rings (SSSR count). The molecule has 2 N–H and O–H groups in total. The van der Waals surface area contributed by atoms with Crippen LogP contribution in [-0.2, 0) is 6.42 Å². The number of hydrogen-bond donors (Lipinski definition) is 2. The quantitative estimate of drug-likeness (QED) is 0.718. The summed E-state index contributed by atoms with van der Waals surface area (Å²) < 4.78 is 2.52. The van der Waals surface area contributed by atoms with Crippen molar-refractivity contribution in [3.8, 4) is 0 Å². The van der Waals surface area contributed by atoms with Crippen LogP contribution in [-0.4, -0.2) is 23.1 Å². The Bertz CT molecular complexity index is 910. The number of allylic oxidation sites excluding steroid dienone is 4. The molecule has 1 aromatic rings. The molecule has 2 aliphatic heterocycles. The van der Waals surface area contributed by atoms with Crippen molar-refractivity contribution in [1.29, 1.82) is 0 Å². The Morgan fingerprint density at radius 2 is 1.88 bits per heavy atom. The summed E-state index contributed by atoms with van der Waals surface area (Å²) in [6, 6.07) is 0.701. The zero-order chi connectivity index (χ0) is 17.1. The fraction of sp³-hybridized carbons (Fsp3) is 0.333. The second-order valence-electron chi connectivity index (χ2n) is 7.46. The zero-order valence-electron chi connectivity index (χ0n) is 14.9. The average Bonchev–Trinajstić information content (AvgIpc) is 2.89. The van der Waals surface area contributed by atoms with Crippen LogP contribution in [0.25, 0.3) is 6.08 Å². The predicted octanol–water partition coefficient (Wildman–Crippen LogP) is 4.72. The van der Waals surface area contributed by atoms with Gasteiger partial charge in [0.05, 0.1) is 29.2 Å². The van der Waals surface area contributed by atoms with Gasteiger partial charge in [-0.2, -0.15) is 0 Å². The Morgan fingerprint density at radius 3 is 2.72 bits per heavy atom. The number of nitrogens with one attached hydrogen (secondary N) is 2. The molecule has 0 bridgehead atoms. The number of aromatic nitrogens is 1. The van der Waals surface area contributed by atoms with E-state index in [1.165, 1.54) is 39.5 Å². The Kier molecular flexibility index (Phi) is 3.36. The van der Waals surface area contributed by atoms with Gasteiger partial charge in [0.25, 0.3) is 0 Å². The van der Waals surface area contributed by atoms with E-state index in [1.54, 1.807) is 0 Å². The van der Waals surface area contributed by atoms with Crippen LogP contribution >= 0.6 is 8.73 Å². The normalized spacial score (nSPS) is 28.9. The second-order valence-corrected chi connectivity index (χ2v) is 8.36. The maximum Gasteiger partial charge on any atom is 0.0845 e. The van der Waals surface area contributed by atoms with E-state index in [1.807, 2.05) is 0 Å². The second kappa shape index (κ2) is 5.51. The van der Waals surface area contributed by atoms with Gasteiger partial charge in [-0.15, -0.1) is 0 Å².